The molecule has 4 nitrogen and oxygen atoms in total. The molecule has 0 amide bonds. The Morgan fingerprint density at radius 1 is 1.25 bits per heavy atom. The lowest BCUT2D eigenvalue weighted by Crippen LogP contribution is -2.12. The van der Waals surface area contributed by atoms with Gasteiger partial charge in [-0.25, -0.2) is 0 Å². The van der Waals surface area contributed by atoms with E-state index in [-0.39, 0.29) is 5.78 Å². The summed E-state index contributed by atoms with van der Waals surface area (Å²) in [5, 5.41) is 9.19. The van der Waals surface area contributed by atoms with Crippen molar-refractivity contribution in [2.75, 3.05) is 6.26 Å². The van der Waals surface area contributed by atoms with Crippen molar-refractivity contribution in [2.45, 2.75) is 10.8 Å². The molecule has 0 fully saturated rings. The van der Waals surface area contributed by atoms with Crippen LogP contribution in [-0.2, 0) is 10.8 Å². The van der Waals surface area contributed by atoms with Gasteiger partial charge in [0.25, 0.3) is 0 Å². The van der Waals surface area contributed by atoms with Crippen molar-refractivity contribution in [2.24, 2.45) is 0 Å². The van der Waals surface area contributed by atoms with E-state index in [2.05, 4.69) is 4.98 Å². The Hall–Kier alpha value is -2.32. The molecule has 1 heterocycles. The Bertz CT molecular complexity index is 675. The first-order valence-corrected chi connectivity index (χ1v) is 7.47. The van der Waals surface area contributed by atoms with Crippen LogP contribution in [0.1, 0.15) is 22.0 Å². The van der Waals surface area contributed by atoms with Crippen LogP contribution in [0.2, 0.25) is 0 Å². The maximum absolute atomic E-state index is 12.3. The summed E-state index contributed by atoms with van der Waals surface area (Å²) in [7, 11) is -1.09. The largest absolute Gasteiger partial charge is 0.292 e. The second-order valence-corrected chi connectivity index (χ2v) is 5.54. The van der Waals surface area contributed by atoms with E-state index in [0.29, 0.717) is 16.2 Å². The number of nitrogens with zero attached hydrogens (tertiary/aromatic N) is 2. The highest BCUT2D eigenvalue weighted by atomic mass is 32.2. The zero-order chi connectivity index (χ0) is 14.5. The van der Waals surface area contributed by atoms with E-state index in [1.807, 2.05) is 6.07 Å². The molecule has 0 saturated heterocycles. The van der Waals surface area contributed by atoms with E-state index in [9.17, 15) is 14.3 Å². The lowest BCUT2D eigenvalue weighted by Gasteiger charge is -2.07. The van der Waals surface area contributed by atoms with Gasteiger partial charge in [0.05, 0.1) is 11.8 Å². The second kappa shape index (κ2) is 6.22. The molecule has 0 aliphatic carbocycles. The number of nitriles is 1. The molecular weight excluding hydrogens is 272 g/mol. The molecule has 20 heavy (non-hydrogen) atoms. The number of aromatic nitrogens is 1. The summed E-state index contributed by atoms with van der Waals surface area (Å²) in [6.45, 7) is 0. The van der Waals surface area contributed by atoms with Gasteiger partial charge >= 0.3 is 0 Å². The van der Waals surface area contributed by atoms with Gasteiger partial charge < -0.3 is 0 Å². The zero-order valence-corrected chi connectivity index (χ0v) is 11.6. The summed E-state index contributed by atoms with van der Waals surface area (Å²) in [6.07, 6.45) is 3.12. The van der Waals surface area contributed by atoms with E-state index >= 15 is 0 Å². The fraction of sp³-hybridized carbons (Fsp3) is 0.133. The summed E-state index contributed by atoms with van der Waals surface area (Å²) in [5.41, 5.74) is 0.847. The first kappa shape index (κ1) is 14.1. The van der Waals surface area contributed by atoms with Crippen molar-refractivity contribution in [1.82, 2.24) is 4.98 Å². The summed E-state index contributed by atoms with van der Waals surface area (Å²) in [5.74, 6) is -1.23. The Morgan fingerprint density at radius 3 is 2.45 bits per heavy atom. The van der Waals surface area contributed by atoms with Gasteiger partial charge in [-0.15, -0.1) is 0 Å². The van der Waals surface area contributed by atoms with Gasteiger partial charge in [-0.05, 0) is 24.3 Å². The number of rotatable bonds is 4. The molecule has 0 aliphatic rings. The average Bonchev–Trinajstić information content (AvgIpc) is 2.49. The molecule has 0 bridgehead atoms. The number of carbonyl (C=O) groups is 1. The Kier molecular flexibility index (Phi) is 4.38. The van der Waals surface area contributed by atoms with Crippen molar-refractivity contribution < 1.29 is 9.00 Å². The topological polar surface area (TPSA) is 70.8 Å². The molecule has 1 aromatic heterocycles. The highest BCUT2D eigenvalue weighted by Crippen LogP contribution is 2.19. The zero-order valence-electron chi connectivity index (χ0n) is 10.8. The molecule has 100 valence electrons. The number of hydrogen-bond donors (Lipinski definition) is 0. The minimum atomic E-state index is -1.09. The number of hydrogen-bond acceptors (Lipinski definition) is 4. The van der Waals surface area contributed by atoms with Gasteiger partial charge in [0, 0.05) is 33.7 Å². The third kappa shape index (κ3) is 2.98. The fourth-order valence-corrected chi connectivity index (χ4v) is 2.30. The third-order valence-corrected chi connectivity index (χ3v) is 3.78. The molecular formula is C15H12N2O2S. The maximum Gasteiger partial charge on any atom is 0.186 e. The molecule has 5 heteroatoms. The first-order valence-electron chi connectivity index (χ1n) is 5.91. The molecule has 0 radical (unpaired) electrons. The summed E-state index contributed by atoms with van der Waals surface area (Å²) in [6, 6.07) is 13.6. The first-order chi connectivity index (χ1) is 9.63. The van der Waals surface area contributed by atoms with Gasteiger partial charge in [0.1, 0.15) is 0 Å². The van der Waals surface area contributed by atoms with Gasteiger partial charge in [-0.3, -0.25) is 14.0 Å². The number of Topliss-reactive ketones (excluding diaryl/α,β-unsaturated/α-hetero) is 1. The number of benzene rings is 1. The van der Waals surface area contributed by atoms with Crippen LogP contribution in [0, 0.1) is 11.3 Å². The van der Waals surface area contributed by atoms with Crippen molar-refractivity contribution in [3.8, 4) is 6.07 Å². The SMILES string of the molecule is C[S@@](=O)c1ccc(C(=O)[C@H](C#N)c2ccccn2)cc1. The van der Waals surface area contributed by atoms with Gasteiger partial charge in [-0.2, -0.15) is 5.26 Å². The number of ketones is 1. The van der Waals surface area contributed by atoms with Crippen LogP contribution in [0.3, 0.4) is 0 Å². The lowest BCUT2D eigenvalue weighted by molar-refractivity contribution is 0.0977. The molecule has 0 spiro atoms. The van der Waals surface area contributed by atoms with Crippen LogP contribution in [0.5, 0.6) is 0 Å². The molecule has 1 aromatic carbocycles. The Labute approximate surface area is 119 Å². The van der Waals surface area contributed by atoms with E-state index in [4.69, 9.17) is 0 Å². The normalized spacial score (nSPS) is 13.2. The van der Waals surface area contributed by atoms with Gasteiger partial charge in [-0.1, -0.05) is 18.2 Å². The molecule has 2 aromatic rings. The molecule has 2 rings (SSSR count). The average molecular weight is 284 g/mol. The van der Waals surface area contributed by atoms with Crippen molar-refractivity contribution >= 4 is 16.6 Å². The quantitative estimate of drug-likeness (QED) is 0.808. The molecule has 0 unspecified atom stereocenters. The van der Waals surface area contributed by atoms with Crippen molar-refractivity contribution in [3.05, 3.63) is 59.9 Å². The Morgan fingerprint density at radius 2 is 1.95 bits per heavy atom. The summed E-state index contributed by atoms with van der Waals surface area (Å²) < 4.78 is 11.3. The predicted octanol–water partition coefficient (Wildman–Crippen LogP) is 2.31. The molecule has 2 atom stereocenters. The number of pyridine rings is 1. The molecule has 0 saturated carbocycles. The molecule has 0 N–H and O–H groups in total. The van der Waals surface area contributed by atoms with E-state index < -0.39 is 16.7 Å². The Balaban J connectivity index is 2.30. The second-order valence-electron chi connectivity index (χ2n) is 4.16. The van der Waals surface area contributed by atoms with E-state index in [1.165, 1.54) is 0 Å². The minimum absolute atomic E-state index is 0.306. The summed E-state index contributed by atoms with van der Waals surface area (Å²) >= 11 is 0. The minimum Gasteiger partial charge on any atom is -0.292 e. The van der Waals surface area contributed by atoms with Gasteiger partial charge in [0.15, 0.2) is 11.7 Å². The van der Waals surface area contributed by atoms with Crippen LogP contribution in [-0.4, -0.2) is 21.2 Å². The lowest BCUT2D eigenvalue weighted by atomic mass is 9.95. The van der Waals surface area contributed by atoms with Gasteiger partial charge in [0.2, 0.25) is 0 Å². The maximum atomic E-state index is 12.3. The number of carbonyl (C=O) groups excluding carboxylic acids is 1. The van der Waals surface area contributed by atoms with Crippen molar-refractivity contribution in [3.63, 3.8) is 0 Å². The monoisotopic (exact) mass is 284 g/mol. The van der Waals surface area contributed by atoms with Crippen molar-refractivity contribution in [1.29, 1.82) is 5.26 Å². The van der Waals surface area contributed by atoms with Crippen LogP contribution in [0.25, 0.3) is 0 Å². The van der Waals surface area contributed by atoms with Crippen LogP contribution in [0.15, 0.2) is 53.6 Å². The highest BCUT2D eigenvalue weighted by Gasteiger charge is 2.22. The third-order valence-electron chi connectivity index (χ3n) is 2.85. The summed E-state index contributed by atoms with van der Waals surface area (Å²) in [4.78, 5) is 17.0. The molecule has 0 aliphatic heterocycles. The predicted molar refractivity (Wildman–Crippen MR) is 75.7 cm³/mol. The van der Waals surface area contributed by atoms with Crippen LogP contribution in [0.4, 0.5) is 0 Å². The smallest absolute Gasteiger partial charge is 0.186 e. The fourth-order valence-electron chi connectivity index (χ4n) is 1.78. The standard InChI is InChI=1S/C15H12N2O2S/c1-20(19)12-7-5-11(6-8-12)15(18)13(10-16)14-4-2-3-9-17-14/h2-9,13H,1H3/t13-,20-/m1/s1. The highest BCUT2D eigenvalue weighted by molar-refractivity contribution is 7.84. The van der Waals surface area contributed by atoms with E-state index in [1.54, 1.807) is 54.9 Å². The van der Waals surface area contributed by atoms with Crippen LogP contribution >= 0.6 is 0 Å². The van der Waals surface area contributed by atoms with Crippen LogP contribution < -0.4 is 0 Å². The van der Waals surface area contributed by atoms with E-state index in [0.717, 1.165) is 0 Å².